The predicted octanol–water partition coefficient (Wildman–Crippen LogP) is 1.58. The molecule has 1 heterocycles. The number of carbonyl (C=O) groups excluding carboxylic acids is 2. The van der Waals surface area contributed by atoms with Crippen LogP contribution in [0.1, 0.15) is 36.3 Å². The SMILES string of the molecule is Cc1cccc(C2CC(=O)N(CCCC(N)=O)C2)c1. The average molecular weight is 260 g/mol. The molecule has 1 aromatic rings. The molecular formula is C15H20N2O2. The first-order valence-corrected chi connectivity index (χ1v) is 6.69. The van der Waals surface area contributed by atoms with Gasteiger partial charge >= 0.3 is 0 Å². The molecule has 0 aliphatic carbocycles. The summed E-state index contributed by atoms with van der Waals surface area (Å²) in [5, 5.41) is 0. The third-order valence-corrected chi connectivity index (χ3v) is 3.58. The van der Waals surface area contributed by atoms with Gasteiger partial charge in [-0.3, -0.25) is 9.59 Å². The highest BCUT2D eigenvalue weighted by Gasteiger charge is 2.30. The van der Waals surface area contributed by atoms with Crippen molar-refractivity contribution in [3.8, 4) is 0 Å². The van der Waals surface area contributed by atoms with E-state index in [0.29, 0.717) is 25.8 Å². The van der Waals surface area contributed by atoms with Crippen molar-refractivity contribution in [2.45, 2.75) is 32.1 Å². The second kappa shape index (κ2) is 5.87. The zero-order valence-corrected chi connectivity index (χ0v) is 11.3. The lowest BCUT2D eigenvalue weighted by atomic mass is 9.97. The van der Waals surface area contributed by atoms with Gasteiger partial charge in [-0.25, -0.2) is 0 Å². The van der Waals surface area contributed by atoms with Crippen LogP contribution in [0.5, 0.6) is 0 Å². The highest BCUT2D eigenvalue weighted by atomic mass is 16.2. The molecule has 2 rings (SSSR count). The average Bonchev–Trinajstić information content (AvgIpc) is 2.71. The number of hydrogen-bond donors (Lipinski definition) is 1. The number of benzene rings is 1. The van der Waals surface area contributed by atoms with Crippen LogP contribution in [0.25, 0.3) is 0 Å². The fourth-order valence-corrected chi connectivity index (χ4v) is 2.58. The molecule has 1 aromatic carbocycles. The molecule has 19 heavy (non-hydrogen) atoms. The molecule has 0 bridgehead atoms. The van der Waals surface area contributed by atoms with Gasteiger partial charge in [0, 0.05) is 31.8 Å². The van der Waals surface area contributed by atoms with Crippen molar-refractivity contribution in [1.29, 1.82) is 0 Å². The number of primary amides is 1. The van der Waals surface area contributed by atoms with Gasteiger partial charge in [-0.2, -0.15) is 0 Å². The van der Waals surface area contributed by atoms with Crippen molar-refractivity contribution in [1.82, 2.24) is 4.90 Å². The molecule has 102 valence electrons. The van der Waals surface area contributed by atoms with Crippen LogP contribution in [0.2, 0.25) is 0 Å². The molecule has 1 atom stereocenters. The summed E-state index contributed by atoms with van der Waals surface area (Å²) in [7, 11) is 0. The highest BCUT2D eigenvalue weighted by molar-refractivity contribution is 5.80. The molecule has 4 heteroatoms. The summed E-state index contributed by atoms with van der Waals surface area (Å²) in [6.07, 6.45) is 1.57. The lowest BCUT2D eigenvalue weighted by Crippen LogP contribution is -2.27. The van der Waals surface area contributed by atoms with E-state index in [4.69, 9.17) is 5.73 Å². The predicted molar refractivity (Wildman–Crippen MR) is 73.5 cm³/mol. The Bertz CT molecular complexity index is 485. The van der Waals surface area contributed by atoms with Crippen LogP contribution in [0.4, 0.5) is 0 Å². The molecule has 0 saturated carbocycles. The second-order valence-corrected chi connectivity index (χ2v) is 5.22. The molecule has 1 fully saturated rings. The van der Waals surface area contributed by atoms with Gasteiger partial charge in [0.2, 0.25) is 11.8 Å². The van der Waals surface area contributed by atoms with Crippen LogP contribution in [0, 0.1) is 6.92 Å². The number of likely N-dealkylation sites (tertiary alicyclic amines) is 1. The van der Waals surface area contributed by atoms with Gasteiger partial charge < -0.3 is 10.6 Å². The molecule has 1 aliphatic heterocycles. The first-order valence-electron chi connectivity index (χ1n) is 6.69. The number of rotatable bonds is 5. The maximum Gasteiger partial charge on any atom is 0.223 e. The van der Waals surface area contributed by atoms with Crippen LogP contribution in [-0.4, -0.2) is 29.8 Å². The first kappa shape index (κ1) is 13.6. The van der Waals surface area contributed by atoms with Crippen molar-refractivity contribution >= 4 is 11.8 Å². The summed E-state index contributed by atoms with van der Waals surface area (Å²) in [5.41, 5.74) is 7.55. The summed E-state index contributed by atoms with van der Waals surface area (Å²) in [6, 6.07) is 8.32. The summed E-state index contributed by atoms with van der Waals surface area (Å²) in [4.78, 5) is 24.5. The van der Waals surface area contributed by atoms with E-state index in [2.05, 4.69) is 25.1 Å². The van der Waals surface area contributed by atoms with E-state index in [0.717, 1.165) is 6.54 Å². The van der Waals surface area contributed by atoms with Crippen molar-refractivity contribution in [2.24, 2.45) is 5.73 Å². The Labute approximate surface area is 113 Å². The molecule has 1 unspecified atom stereocenters. The smallest absolute Gasteiger partial charge is 0.223 e. The molecule has 2 amide bonds. The van der Waals surface area contributed by atoms with Crippen molar-refractivity contribution in [3.05, 3.63) is 35.4 Å². The molecule has 0 aromatic heterocycles. The van der Waals surface area contributed by atoms with E-state index in [1.807, 2.05) is 11.0 Å². The normalized spacial score (nSPS) is 18.9. The van der Waals surface area contributed by atoms with Crippen LogP contribution in [-0.2, 0) is 9.59 Å². The van der Waals surface area contributed by atoms with Gasteiger partial charge in [0.05, 0.1) is 0 Å². The third-order valence-electron chi connectivity index (χ3n) is 3.58. The molecule has 1 saturated heterocycles. The Balaban J connectivity index is 1.93. The first-order chi connectivity index (χ1) is 9.06. The number of nitrogens with zero attached hydrogens (tertiary/aromatic N) is 1. The van der Waals surface area contributed by atoms with Gasteiger partial charge in [0.25, 0.3) is 0 Å². The minimum atomic E-state index is -0.304. The zero-order chi connectivity index (χ0) is 13.8. The van der Waals surface area contributed by atoms with Gasteiger partial charge in [0.1, 0.15) is 0 Å². The second-order valence-electron chi connectivity index (χ2n) is 5.22. The number of aryl methyl sites for hydroxylation is 1. The van der Waals surface area contributed by atoms with Gasteiger partial charge in [-0.15, -0.1) is 0 Å². The van der Waals surface area contributed by atoms with E-state index >= 15 is 0 Å². The molecule has 4 nitrogen and oxygen atoms in total. The molecule has 1 aliphatic rings. The molecule has 0 radical (unpaired) electrons. The van der Waals surface area contributed by atoms with E-state index in [1.165, 1.54) is 11.1 Å². The van der Waals surface area contributed by atoms with Crippen molar-refractivity contribution < 1.29 is 9.59 Å². The number of nitrogens with two attached hydrogens (primary N) is 1. The van der Waals surface area contributed by atoms with Crippen molar-refractivity contribution in [2.75, 3.05) is 13.1 Å². The minimum absolute atomic E-state index is 0.177. The lowest BCUT2D eigenvalue weighted by Gasteiger charge is -2.16. The lowest BCUT2D eigenvalue weighted by molar-refractivity contribution is -0.128. The Hall–Kier alpha value is -1.84. The van der Waals surface area contributed by atoms with Gasteiger partial charge in [0.15, 0.2) is 0 Å². The number of amides is 2. The zero-order valence-electron chi connectivity index (χ0n) is 11.3. The van der Waals surface area contributed by atoms with Crippen LogP contribution >= 0.6 is 0 Å². The summed E-state index contributed by atoms with van der Waals surface area (Å²) in [5.74, 6) is 0.152. The quantitative estimate of drug-likeness (QED) is 0.873. The van der Waals surface area contributed by atoms with Crippen LogP contribution in [0.3, 0.4) is 0 Å². The topological polar surface area (TPSA) is 63.4 Å². The highest BCUT2D eigenvalue weighted by Crippen LogP contribution is 2.28. The Morgan fingerprint density at radius 1 is 1.47 bits per heavy atom. The summed E-state index contributed by atoms with van der Waals surface area (Å²) >= 11 is 0. The van der Waals surface area contributed by atoms with E-state index in [9.17, 15) is 9.59 Å². The Kier molecular flexibility index (Phi) is 4.20. The maximum absolute atomic E-state index is 11.9. The number of hydrogen-bond acceptors (Lipinski definition) is 2. The third kappa shape index (κ3) is 3.56. The Morgan fingerprint density at radius 3 is 2.95 bits per heavy atom. The maximum atomic E-state index is 11.9. The van der Waals surface area contributed by atoms with Gasteiger partial charge in [-0.05, 0) is 18.9 Å². The minimum Gasteiger partial charge on any atom is -0.370 e. The fraction of sp³-hybridized carbons (Fsp3) is 0.467. The van der Waals surface area contributed by atoms with Crippen molar-refractivity contribution in [3.63, 3.8) is 0 Å². The molecule has 0 spiro atoms. The largest absolute Gasteiger partial charge is 0.370 e. The number of carbonyl (C=O) groups is 2. The van der Waals surface area contributed by atoms with E-state index < -0.39 is 0 Å². The monoisotopic (exact) mass is 260 g/mol. The van der Waals surface area contributed by atoms with Crippen LogP contribution < -0.4 is 5.73 Å². The van der Waals surface area contributed by atoms with E-state index in [1.54, 1.807) is 0 Å². The summed E-state index contributed by atoms with van der Waals surface area (Å²) in [6.45, 7) is 3.44. The standard InChI is InChI=1S/C15H20N2O2/c1-11-4-2-5-12(8-11)13-9-15(19)17(10-13)7-3-6-14(16)18/h2,4-5,8,13H,3,6-7,9-10H2,1H3,(H2,16,18). The molecular weight excluding hydrogens is 240 g/mol. The van der Waals surface area contributed by atoms with E-state index in [-0.39, 0.29) is 17.7 Å². The fourth-order valence-electron chi connectivity index (χ4n) is 2.58. The summed E-state index contributed by atoms with van der Waals surface area (Å²) < 4.78 is 0. The Morgan fingerprint density at radius 2 is 2.26 bits per heavy atom. The van der Waals surface area contributed by atoms with Gasteiger partial charge in [-0.1, -0.05) is 29.8 Å². The van der Waals surface area contributed by atoms with Crippen LogP contribution in [0.15, 0.2) is 24.3 Å². The molecule has 2 N–H and O–H groups in total.